The molecule has 2 aromatic rings. The van der Waals surface area contributed by atoms with E-state index < -0.39 is 10.0 Å². The summed E-state index contributed by atoms with van der Waals surface area (Å²) in [6.07, 6.45) is 0. The Hall–Kier alpha value is -1.37. The molecule has 1 heterocycles. The van der Waals surface area contributed by atoms with Crippen LogP contribution in [-0.4, -0.2) is 15.0 Å². The fourth-order valence-electron chi connectivity index (χ4n) is 2.02. The fraction of sp³-hybridized carbons (Fsp3) is 0.333. The molecule has 0 fully saturated rings. The van der Waals surface area contributed by atoms with Gasteiger partial charge in [-0.1, -0.05) is 12.1 Å². The minimum Gasteiger partial charge on any atom is -0.384 e. The molecular weight excluding hydrogens is 304 g/mol. The number of hydrogen-bond donors (Lipinski definition) is 2. The maximum absolute atomic E-state index is 12.4. The summed E-state index contributed by atoms with van der Waals surface area (Å²) in [7, 11) is -3.52. The topological polar surface area (TPSA) is 58.2 Å². The van der Waals surface area contributed by atoms with Crippen molar-refractivity contribution < 1.29 is 8.42 Å². The Morgan fingerprint density at radius 3 is 2.52 bits per heavy atom. The predicted octanol–water partition coefficient (Wildman–Crippen LogP) is 3.28. The molecule has 21 heavy (non-hydrogen) atoms. The SMILES string of the molecule is CCNc1ccccc1S(=O)(=O)NCc1cc(C)c(C)s1. The molecule has 6 heteroatoms. The monoisotopic (exact) mass is 324 g/mol. The van der Waals surface area contributed by atoms with Crippen LogP contribution in [-0.2, 0) is 16.6 Å². The molecule has 2 N–H and O–H groups in total. The van der Waals surface area contributed by atoms with Crippen LogP contribution in [0.25, 0.3) is 0 Å². The number of para-hydroxylation sites is 1. The highest BCUT2D eigenvalue weighted by Crippen LogP contribution is 2.23. The first-order chi connectivity index (χ1) is 9.94. The molecule has 0 saturated heterocycles. The lowest BCUT2D eigenvalue weighted by molar-refractivity contribution is 0.582. The van der Waals surface area contributed by atoms with Gasteiger partial charge in [0.1, 0.15) is 4.90 Å². The van der Waals surface area contributed by atoms with Gasteiger partial charge in [0.2, 0.25) is 10.0 Å². The summed E-state index contributed by atoms with van der Waals surface area (Å²) in [5.41, 5.74) is 1.83. The van der Waals surface area contributed by atoms with Gasteiger partial charge in [-0.3, -0.25) is 0 Å². The van der Waals surface area contributed by atoms with E-state index in [1.807, 2.05) is 32.9 Å². The Bertz CT molecular complexity index is 702. The van der Waals surface area contributed by atoms with Gasteiger partial charge in [-0.2, -0.15) is 0 Å². The summed E-state index contributed by atoms with van der Waals surface area (Å²) < 4.78 is 27.6. The van der Waals surface area contributed by atoms with Gasteiger partial charge in [0.05, 0.1) is 5.69 Å². The quantitative estimate of drug-likeness (QED) is 0.857. The van der Waals surface area contributed by atoms with E-state index in [2.05, 4.69) is 10.0 Å². The van der Waals surface area contributed by atoms with Gasteiger partial charge >= 0.3 is 0 Å². The second-order valence-electron chi connectivity index (χ2n) is 4.80. The van der Waals surface area contributed by atoms with Gasteiger partial charge in [-0.25, -0.2) is 13.1 Å². The van der Waals surface area contributed by atoms with Crippen LogP contribution in [0.1, 0.15) is 22.2 Å². The number of sulfonamides is 1. The molecule has 0 aliphatic carbocycles. The zero-order valence-corrected chi connectivity index (χ0v) is 14.1. The van der Waals surface area contributed by atoms with Crippen LogP contribution >= 0.6 is 11.3 Å². The third-order valence-electron chi connectivity index (χ3n) is 3.20. The van der Waals surface area contributed by atoms with Crippen molar-refractivity contribution in [3.63, 3.8) is 0 Å². The second kappa shape index (κ2) is 6.60. The highest BCUT2D eigenvalue weighted by atomic mass is 32.2. The van der Waals surface area contributed by atoms with Crippen LogP contribution in [0.4, 0.5) is 5.69 Å². The standard InChI is InChI=1S/C15H20N2O2S2/c1-4-16-14-7-5-6-8-15(14)21(18,19)17-10-13-9-11(2)12(3)20-13/h5-9,16-17H,4,10H2,1-3H3. The van der Waals surface area contributed by atoms with Crippen LogP contribution in [0.15, 0.2) is 35.2 Å². The van der Waals surface area contributed by atoms with E-state index in [0.29, 0.717) is 18.8 Å². The lowest BCUT2D eigenvalue weighted by Crippen LogP contribution is -2.23. The van der Waals surface area contributed by atoms with Gasteiger partial charge in [-0.15, -0.1) is 11.3 Å². The normalized spacial score (nSPS) is 11.6. The van der Waals surface area contributed by atoms with E-state index in [-0.39, 0.29) is 4.90 Å². The van der Waals surface area contributed by atoms with E-state index >= 15 is 0 Å². The average molecular weight is 324 g/mol. The third-order valence-corrected chi connectivity index (χ3v) is 5.81. The molecule has 2 rings (SSSR count). The van der Waals surface area contributed by atoms with Crippen LogP contribution in [0, 0.1) is 13.8 Å². The van der Waals surface area contributed by atoms with Crippen molar-refractivity contribution in [2.24, 2.45) is 0 Å². The molecule has 1 aromatic carbocycles. The average Bonchev–Trinajstić information content (AvgIpc) is 2.77. The first-order valence-corrected chi connectivity index (χ1v) is 9.12. The first kappa shape index (κ1) is 16.0. The molecule has 0 saturated carbocycles. The van der Waals surface area contributed by atoms with E-state index in [4.69, 9.17) is 0 Å². The van der Waals surface area contributed by atoms with Gasteiger partial charge < -0.3 is 5.32 Å². The number of rotatable bonds is 6. The van der Waals surface area contributed by atoms with Crippen molar-refractivity contribution in [2.45, 2.75) is 32.2 Å². The van der Waals surface area contributed by atoms with Crippen LogP contribution in [0.2, 0.25) is 0 Å². The van der Waals surface area contributed by atoms with Crippen molar-refractivity contribution in [3.8, 4) is 0 Å². The van der Waals surface area contributed by atoms with Crippen molar-refractivity contribution in [3.05, 3.63) is 45.6 Å². The molecule has 0 radical (unpaired) electrons. The number of anilines is 1. The summed E-state index contributed by atoms with van der Waals surface area (Å²) in [6, 6.07) is 8.97. The summed E-state index contributed by atoms with van der Waals surface area (Å²) in [5, 5.41) is 3.08. The Labute approximate surface area is 130 Å². The maximum Gasteiger partial charge on any atom is 0.242 e. The van der Waals surface area contributed by atoms with Crippen LogP contribution in [0.5, 0.6) is 0 Å². The van der Waals surface area contributed by atoms with Crippen molar-refractivity contribution >= 4 is 27.0 Å². The zero-order valence-electron chi connectivity index (χ0n) is 12.4. The molecule has 1 aromatic heterocycles. The van der Waals surface area contributed by atoms with Crippen molar-refractivity contribution in [1.29, 1.82) is 0 Å². The van der Waals surface area contributed by atoms with E-state index in [1.54, 1.807) is 29.5 Å². The molecule has 0 unspecified atom stereocenters. The third kappa shape index (κ3) is 3.84. The van der Waals surface area contributed by atoms with E-state index in [0.717, 1.165) is 4.88 Å². The second-order valence-corrected chi connectivity index (χ2v) is 7.88. The molecular formula is C15H20N2O2S2. The Kier molecular flexibility index (Phi) is 5.03. The van der Waals surface area contributed by atoms with Gasteiger partial charge in [0, 0.05) is 22.8 Å². The molecule has 0 spiro atoms. The van der Waals surface area contributed by atoms with Gasteiger partial charge in [0.15, 0.2) is 0 Å². The summed E-state index contributed by atoms with van der Waals surface area (Å²) >= 11 is 1.62. The molecule has 0 amide bonds. The molecule has 0 aliphatic rings. The molecule has 0 bridgehead atoms. The summed E-state index contributed by atoms with van der Waals surface area (Å²) in [4.78, 5) is 2.53. The zero-order chi connectivity index (χ0) is 15.5. The Morgan fingerprint density at radius 1 is 1.19 bits per heavy atom. The number of benzene rings is 1. The largest absolute Gasteiger partial charge is 0.384 e. The summed E-state index contributed by atoms with van der Waals surface area (Å²) in [5.74, 6) is 0. The summed E-state index contributed by atoms with van der Waals surface area (Å²) in [6.45, 7) is 7.01. The number of nitrogens with one attached hydrogen (secondary N) is 2. The van der Waals surface area contributed by atoms with E-state index in [9.17, 15) is 8.42 Å². The van der Waals surface area contributed by atoms with Crippen molar-refractivity contribution in [1.82, 2.24) is 4.72 Å². The molecule has 114 valence electrons. The Balaban J connectivity index is 2.18. The molecule has 0 aliphatic heterocycles. The fourth-order valence-corrected chi connectivity index (χ4v) is 4.29. The maximum atomic E-state index is 12.4. The highest BCUT2D eigenvalue weighted by Gasteiger charge is 2.18. The molecule has 0 atom stereocenters. The van der Waals surface area contributed by atoms with Gasteiger partial charge in [-0.05, 0) is 44.5 Å². The van der Waals surface area contributed by atoms with Crippen LogP contribution < -0.4 is 10.0 Å². The van der Waals surface area contributed by atoms with Crippen molar-refractivity contribution in [2.75, 3.05) is 11.9 Å². The Morgan fingerprint density at radius 2 is 1.90 bits per heavy atom. The predicted molar refractivity (Wildman–Crippen MR) is 88.4 cm³/mol. The lowest BCUT2D eigenvalue weighted by Gasteiger charge is -2.11. The first-order valence-electron chi connectivity index (χ1n) is 6.82. The number of aryl methyl sites for hydroxylation is 2. The smallest absolute Gasteiger partial charge is 0.242 e. The number of thiophene rings is 1. The van der Waals surface area contributed by atoms with E-state index in [1.165, 1.54) is 10.4 Å². The highest BCUT2D eigenvalue weighted by molar-refractivity contribution is 7.89. The minimum absolute atomic E-state index is 0.289. The van der Waals surface area contributed by atoms with Gasteiger partial charge in [0.25, 0.3) is 0 Å². The molecule has 4 nitrogen and oxygen atoms in total. The minimum atomic E-state index is -3.52. The lowest BCUT2D eigenvalue weighted by atomic mass is 10.3. The number of hydrogen-bond acceptors (Lipinski definition) is 4. The van der Waals surface area contributed by atoms with Crippen LogP contribution in [0.3, 0.4) is 0 Å².